The molecule has 0 saturated heterocycles. The molecule has 0 heterocycles. The van der Waals surface area contributed by atoms with E-state index in [0.29, 0.717) is 0 Å². The Labute approximate surface area is 93.0 Å². The van der Waals surface area contributed by atoms with E-state index in [1.165, 1.54) is 0 Å². The van der Waals surface area contributed by atoms with Gasteiger partial charge in [0.25, 0.3) is 0 Å². The molecule has 0 fully saturated rings. The number of aliphatic carboxylic acids is 1. The molecule has 3 heteroatoms. The first-order valence-corrected chi connectivity index (χ1v) is 5.04. The van der Waals surface area contributed by atoms with Crippen molar-refractivity contribution < 1.29 is 15.0 Å². The molecule has 0 aliphatic heterocycles. The monoisotopic (exact) mass is 216 g/mol. The third-order valence-electron chi connectivity index (χ3n) is 2.56. The van der Waals surface area contributed by atoms with Crippen molar-refractivity contribution in [2.75, 3.05) is 0 Å². The summed E-state index contributed by atoms with van der Waals surface area (Å²) in [4.78, 5) is 10.7. The zero-order valence-electron chi connectivity index (χ0n) is 8.68. The molecular formula is C13H12O3. The summed E-state index contributed by atoms with van der Waals surface area (Å²) in [6, 6.07) is 11.2. The number of hydrogen-bond acceptors (Lipinski definition) is 2. The van der Waals surface area contributed by atoms with Gasteiger partial charge in [0, 0.05) is 0 Å². The lowest BCUT2D eigenvalue weighted by molar-refractivity contribution is -0.136. The maximum Gasteiger partial charge on any atom is 0.307 e. The van der Waals surface area contributed by atoms with Crippen molar-refractivity contribution >= 4 is 16.7 Å². The number of carbonyl (C=O) groups is 1. The summed E-state index contributed by atoms with van der Waals surface area (Å²) in [6.45, 7) is -0.0304. The zero-order chi connectivity index (χ0) is 11.5. The molecule has 0 aromatic heterocycles. The van der Waals surface area contributed by atoms with Crippen LogP contribution in [0.15, 0.2) is 36.4 Å². The lowest BCUT2D eigenvalue weighted by atomic mass is 10.0. The summed E-state index contributed by atoms with van der Waals surface area (Å²) in [7, 11) is 0. The highest BCUT2D eigenvalue weighted by Gasteiger charge is 2.05. The number of carboxylic acid groups (broad SMARTS) is 1. The number of carboxylic acids is 1. The number of rotatable bonds is 3. The Morgan fingerprint density at radius 3 is 2.69 bits per heavy atom. The van der Waals surface area contributed by atoms with Crippen LogP contribution in [0.1, 0.15) is 11.1 Å². The van der Waals surface area contributed by atoms with Gasteiger partial charge in [0.2, 0.25) is 0 Å². The second-order valence-electron chi connectivity index (χ2n) is 3.70. The van der Waals surface area contributed by atoms with Crippen molar-refractivity contribution in [1.82, 2.24) is 0 Å². The van der Waals surface area contributed by atoms with Crippen molar-refractivity contribution in [3.63, 3.8) is 0 Å². The molecule has 82 valence electrons. The first kappa shape index (κ1) is 10.6. The topological polar surface area (TPSA) is 57.5 Å². The predicted octanol–water partition coefficient (Wildman–Crippen LogP) is 1.96. The highest BCUT2D eigenvalue weighted by molar-refractivity contribution is 5.89. The number of fused-ring (bicyclic) bond motifs is 1. The Bertz CT molecular complexity index is 532. The molecule has 2 rings (SSSR count). The molecule has 0 saturated carbocycles. The third kappa shape index (κ3) is 2.04. The molecule has 0 aliphatic carbocycles. The van der Waals surface area contributed by atoms with Gasteiger partial charge in [0.05, 0.1) is 13.0 Å². The van der Waals surface area contributed by atoms with Gasteiger partial charge >= 0.3 is 5.97 Å². The Balaban J connectivity index is 2.59. The molecule has 0 amide bonds. The summed E-state index contributed by atoms with van der Waals surface area (Å²) in [5.41, 5.74) is 1.57. The van der Waals surface area contributed by atoms with E-state index in [2.05, 4.69) is 0 Å². The maximum absolute atomic E-state index is 10.7. The Hall–Kier alpha value is -1.87. The molecule has 0 bridgehead atoms. The normalized spacial score (nSPS) is 10.6. The van der Waals surface area contributed by atoms with Crippen LogP contribution in [0, 0.1) is 0 Å². The quantitative estimate of drug-likeness (QED) is 0.824. The van der Waals surface area contributed by atoms with Crippen LogP contribution in [0.5, 0.6) is 0 Å². The first-order chi connectivity index (χ1) is 7.70. The molecule has 0 unspecified atom stereocenters. The van der Waals surface area contributed by atoms with E-state index in [9.17, 15) is 4.79 Å². The minimum atomic E-state index is -0.845. The van der Waals surface area contributed by atoms with E-state index in [-0.39, 0.29) is 13.0 Å². The van der Waals surface area contributed by atoms with E-state index in [1.807, 2.05) is 30.3 Å². The van der Waals surface area contributed by atoms with Gasteiger partial charge in [-0.05, 0) is 28.0 Å². The predicted molar refractivity (Wildman–Crippen MR) is 61.2 cm³/mol. The van der Waals surface area contributed by atoms with Crippen molar-refractivity contribution in [2.45, 2.75) is 13.0 Å². The fraction of sp³-hybridized carbons (Fsp3) is 0.154. The van der Waals surface area contributed by atoms with Crippen LogP contribution >= 0.6 is 0 Å². The van der Waals surface area contributed by atoms with E-state index in [1.54, 1.807) is 6.07 Å². The van der Waals surface area contributed by atoms with Crippen molar-refractivity contribution in [2.24, 2.45) is 0 Å². The summed E-state index contributed by atoms with van der Waals surface area (Å²) >= 11 is 0. The Morgan fingerprint density at radius 1 is 1.19 bits per heavy atom. The second kappa shape index (κ2) is 4.33. The lowest BCUT2D eigenvalue weighted by Crippen LogP contribution is -2.00. The standard InChI is InChI=1S/C13H12O3/c14-8-9-4-5-10-2-1-3-11(7-13(15)16)12(10)6-9/h1-6,14H,7-8H2,(H,15,16). The number of benzene rings is 2. The first-order valence-electron chi connectivity index (χ1n) is 5.04. The van der Waals surface area contributed by atoms with Gasteiger partial charge in [-0.3, -0.25) is 4.79 Å². The lowest BCUT2D eigenvalue weighted by Gasteiger charge is -2.05. The van der Waals surface area contributed by atoms with E-state index < -0.39 is 5.97 Å². The molecule has 0 aliphatic rings. The molecule has 0 radical (unpaired) electrons. The average molecular weight is 216 g/mol. The van der Waals surface area contributed by atoms with Gasteiger partial charge in [-0.1, -0.05) is 30.3 Å². The fourth-order valence-corrected chi connectivity index (χ4v) is 1.80. The third-order valence-corrected chi connectivity index (χ3v) is 2.56. The smallest absolute Gasteiger partial charge is 0.307 e. The summed E-state index contributed by atoms with van der Waals surface area (Å²) < 4.78 is 0. The van der Waals surface area contributed by atoms with Gasteiger partial charge in [0.1, 0.15) is 0 Å². The Morgan fingerprint density at radius 2 is 2.00 bits per heavy atom. The van der Waals surface area contributed by atoms with Crippen LogP contribution in [0.25, 0.3) is 10.8 Å². The van der Waals surface area contributed by atoms with Gasteiger partial charge in [-0.15, -0.1) is 0 Å². The Kier molecular flexibility index (Phi) is 2.88. The molecular weight excluding hydrogens is 204 g/mol. The van der Waals surface area contributed by atoms with Gasteiger partial charge in [-0.2, -0.15) is 0 Å². The maximum atomic E-state index is 10.7. The molecule has 0 atom stereocenters. The summed E-state index contributed by atoms with van der Waals surface area (Å²) in [5.74, 6) is -0.845. The van der Waals surface area contributed by atoms with Crippen molar-refractivity contribution in [1.29, 1.82) is 0 Å². The van der Waals surface area contributed by atoms with Crippen LogP contribution < -0.4 is 0 Å². The van der Waals surface area contributed by atoms with E-state index >= 15 is 0 Å². The molecule has 2 aromatic carbocycles. The van der Waals surface area contributed by atoms with Crippen LogP contribution in [0.3, 0.4) is 0 Å². The average Bonchev–Trinajstić information content (AvgIpc) is 2.28. The van der Waals surface area contributed by atoms with Crippen LogP contribution in [0.4, 0.5) is 0 Å². The second-order valence-corrected chi connectivity index (χ2v) is 3.70. The highest BCUT2D eigenvalue weighted by Crippen LogP contribution is 2.21. The largest absolute Gasteiger partial charge is 0.481 e. The molecule has 0 spiro atoms. The van der Waals surface area contributed by atoms with E-state index in [0.717, 1.165) is 21.9 Å². The van der Waals surface area contributed by atoms with Gasteiger partial charge in [-0.25, -0.2) is 0 Å². The van der Waals surface area contributed by atoms with Gasteiger partial charge in [0.15, 0.2) is 0 Å². The van der Waals surface area contributed by atoms with Crippen LogP contribution in [0.2, 0.25) is 0 Å². The zero-order valence-corrected chi connectivity index (χ0v) is 8.68. The van der Waals surface area contributed by atoms with Crippen molar-refractivity contribution in [3.05, 3.63) is 47.5 Å². The molecule has 16 heavy (non-hydrogen) atoms. The SMILES string of the molecule is O=C(O)Cc1cccc2ccc(CO)cc12. The number of aliphatic hydroxyl groups excluding tert-OH is 1. The van der Waals surface area contributed by atoms with Crippen molar-refractivity contribution in [3.8, 4) is 0 Å². The summed E-state index contributed by atoms with van der Waals surface area (Å²) in [5, 5.41) is 19.8. The molecule has 2 N–H and O–H groups in total. The number of aliphatic hydroxyl groups is 1. The summed E-state index contributed by atoms with van der Waals surface area (Å²) in [6.07, 6.45) is 0.00617. The minimum absolute atomic E-state index is 0.00617. The molecule has 2 aromatic rings. The van der Waals surface area contributed by atoms with Crippen LogP contribution in [-0.4, -0.2) is 16.2 Å². The number of hydrogen-bond donors (Lipinski definition) is 2. The fourth-order valence-electron chi connectivity index (χ4n) is 1.80. The molecule has 3 nitrogen and oxygen atoms in total. The van der Waals surface area contributed by atoms with Crippen LogP contribution in [-0.2, 0) is 17.8 Å². The highest BCUT2D eigenvalue weighted by atomic mass is 16.4. The van der Waals surface area contributed by atoms with E-state index in [4.69, 9.17) is 10.2 Å². The minimum Gasteiger partial charge on any atom is -0.481 e. The van der Waals surface area contributed by atoms with Gasteiger partial charge < -0.3 is 10.2 Å².